The first-order valence-corrected chi connectivity index (χ1v) is 6.93. The van der Waals surface area contributed by atoms with Gasteiger partial charge in [0, 0.05) is 24.7 Å². The summed E-state index contributed by atoms with van der Waals surface area (Å²) in [7, 11) is 0. The molecule has 3 unspecified atom stereocenters. The van der Waals surface area contributed by atoms with Gasteiger partial charge in [-0.05, 0) is 19.9 Å². The van der Waals surface area contributed by atoms with Gasteiger partial charge in [-0.15, -0.1) is 0 Å². The Kier molecular flexibility index (Phi) is 4.79. The Morgan fingerprint density at radius 1 is 1.53 bits per heavy atom. The van der Waals surface area contributed by atoms with E-state index >= 15 is 0 Å². The van der Waals surface area contributed by atoms with Crippen molar-refractivity contribution in [3.8, 4) is 0 Å². The number of hydrogen-bond donors (Lipinski definition) is 1. The standard InChI is InChI=1S/C14H20ClFN2O/c1-9-8-19-10(2)7-18(9)13(6-17)11-4-3-5-12(15)14(11)16/h3-5,9-10,13H,6-8,17H2,1-2H3. The van der Waals surface area contributed by atoms with Crippen molar-refractivity contribution in [1.29, 1.82) is 0 Å². The van der Waals surface area contributed by atoms with Crippen LogP contribution in [0.1, 0.15) is 25.5 Å². The molecule has 0 bridgehead atoms. The predicted octanol–water partition coefficient (Wildman–Crippen LogP) is 2.59. The number of benzene rings is 1. The molecule has 0 aliphatic carbocycles. The zero-order chi connectivity index (χ0) is 14.0. The van der Waals surface area contributed by atoms with E-state index in [2.05, 4.69) is 11.8 Å². The smallest absolute Gasteiger partial charge is 0.146 e. The zero-order valence-electron chi connectivity index (χ0n) is 11.3. The Balaban J connectivity index is 2.30. The van der Waals surface area contributed by atoms with Crippen LogP contribution in [0.2, 0.25) is 5.02 Å². The fourth-order valence-electron chi connectivity index (χ4n) is 2.58. The third-order valence-corrected chi connectivity index (χ3v) is 3.91. The highest BCUT2D eigenvalue weighted by molar-refractivity contribution is 6.30. The van der Waals surface area contributed by atoms with Gasteiger partial charge in [-0.25, -0.2) is 4.39 Å². The van der Waals surface area contributed by atoms with Gasteiger partial charge in [0.05, 0.1) is 23.8 Å². The van der Waals surface area contributed by atoms with E-state index < -0.39 is 0 Å². The summed E-state index contributed by atoms with van der Waals surface area (Å²) in [6.45, 7) is 5.82. The molecular weight excluding hydrogens is 267 g/mol. The van der Waals surface area contributed by atoms with Gasteiger partial charge in [0.1, 0.15) is 5.82 Å². The van der Waals surface area contributed by atoms with Crippen LogP contribution in [0.4, 0.5) is 4.39 Å². The zero-order valence-corrected chi connectivity index (χ0v) is 12.0. The molecule has 0 saturated carbocycles. The minimum absolute atomic E-state index is 0.132. The van der Waals surface area contributed by atoms with Crippen LogP contribution in [0.25, 0.3) is 0 Å². The van der Waals surface area contributed by atoms with E-state index in [1.54, 1.807) is 18.2 Å². The van der Waals surface area contributed by atoms with Crippen LogP contribution in [0.5, 0.6) is 0 Å². The monoisotopic (exact) mass is 286 g/mol. The van der Waals surface area contributed by atoms with E-state index in [0.717, 1.165) is 6.54 Å². The molecule has 0 aromatic heterocycles. The summed E-state index contributed by atoms with van der Waals surface area (Å²) in [6.07, 6.45) is 0.132. The second-order valence-electron chi connectivity index (χ2n) is 5.08. The van der Waals surface area contributed by atoms with Crippen molar-refractivity contribution in [2.75, 3.05) is 19.7 Å². The highest BCUT2D eigenvalue weighted by Crippen LogP contribution is 2.30. The van der Waals surface area contributed by atoms with Crippen molar-refractivity contribution in [3.63, 3.8) is 0 Å². The summed E-state index contributed by atoms with van der Waals surface area (Å²) in [5.41, 5.74) is 6.44. The topological polar surface area (TPSA) is 38.5 Å². The third-order valence-electron chi connectivity index (χ3n) is 3.62. The highest BCUT2D eigenvalue weighted by atomic mass is 35.5. The number of halogens is 2. The van der Waals surface area contributed by atoms with Crippen LogP contribution >= 0.6 is 11.6 Å². The highest BCUT2D eigenvalue weighted by Gasteiger charge is 2.31. The summed E-state index contributed by atoms with van der Waals surface area (Å²) in [5.74, 6) is -0.369. The van der Waals surface area contributed by atoms with Crippen LogP contribution in [0, 0.1) is 5.82 Å². The Hall–Kier alpha value is -0.680. The van der Waals surface area contributed by atoms with Crippen molar-refractivity contribution in [3.05, 3.63) is 34.6 Å². The normalized spacial score (nSPS) is 26.4. The molecule has 5 heteroatoms. The van der Waals surface area contributed by atoms with Gasteiger partial charge in [-0.3, -0.25) is 4.90 Å². The minimum Gasteiger partial charge on any atom is -0.376 e. The molecule has 0 amide bonds. The molecule has 1 aromatic carbocycles. The van der Waals surface area contributed by atoms with E-state index in [0.29, 0.717) is 18.7 Å². The lowest BCUT2D eigenvalue weighted by Gasteiger charge is -2.41. The van der Waals surface area contributed by atoms with Crippen LogP contribution in [0.15, 0.2) is 18.2 Å². The molecule has 1 aliphatic heterocycles. The number of nitrogens with two attached hydrogens (primary N) is 1. The molecule has 19 heavy (non-hydrogen) atoms. The molecule has 2 rings (SSSR count). The number of nitrogens with zero attached hydrogens (tertiary/aromatic N) is 1. The maximum atomic E-state index is 14.2. The van der Waals surface area contributed by atoms with Gasteiger partial charge >= 0.3 is 0 Å². The summed E-state index contributed by atoms with van der Waals surface area (Å²) >= 11 is 5.86. The maximum absolute atomic E-state index is 14.2. The molecule has 2 N–H and O–H groups in total. The molecule has 1 heterocycles. The Labute approximate surface area is 118 Å². The van der Waals surface area contributed by atoms with Gasteiger partial charge in [0.15, 0.2) is 0 Å². The van der Waals surface area contributed by atoms with Crippen LogP contribution in [-0.2, 0) is 4.74 Å². The van der Waals surface area contributed by atoms with Gasteiger partial charge in [-0.2, -0.15) is 0 Å². The van der Waals surface area contributed by atoms with Crippen LogP contribution in [-0.4, -0.2) is 36.7 Å². The SMILES string of the molecule is CC1CN(C(CN)c2cccc(Cl)c2F)C(C)CO1. The second-order valence-corrected chi connectivity index (χ2v) is 5.49. The van der Waals surface area contributed by atoms with Crippen LogP contribution < -0.4 is 5.73 Å². The number of ether oxygens (including phenoxy) is 1. The van der Waals surface area contributed by atoms with Crippen molar-refractivity contribution in [2.24, 2.45) is 5.73 Å². The molecular formula is C14H20ClFN2O. The Morgan fingerprint density at radius 2 is 2.26 bits per heavy atom. The summed E-state index contributed by atoms with van der Waals surface area (Å²) < 4.78 is 19.8. The average molecular weight is 287 g/mol. The molecule has 106 valence electrons. The van der Waals surface area contributed by atoms with E-state index in [1.807, 2.05) is 6.92 Å². The molecule has 0 spiro atoms. The van der Waals surface area contributed by atoms with Crippen molar-refractivity contribution < 1.29 is 9.13 Å². The molecule has 1 fully saturated rings. The molecule has 3 nitrogen and oxygen atoms in total. The minimum atomic E-state index is -0.369. The van der Waals surface area contributed by atoms with Gasteiger partial charge in [-0.1, -0.05) is 23.7 Å². The molecule has 1 saturated heterocycles. The number of hydrogen-bond acceptors (Lipinski definition) is 3. The molecule has 0 radical (unpaired) electrons. The van der Waals surface area contributed by atoms with E-state index in [-0.39, 0.29) is 29.0 Å². The predicted molar refractivity (Wildman–Crippen MR) is 74.8 cm³/mol. The quantitative estimate of drug-likeness (QED) is 0.928. The Morgan fingerprint density at radius 3 is 2.95 bits per heavy atom. The largest absolute Gasteiger partial charge is 0.376 e. The fourth-order valence-corrected chi connectivity index (χ4v) is 2.76. The summed E-state index contributed by atoms with van der Waals surface area (Å²) in [5, 5.41) is 0.143. The lowest BCUT2D eigenvalue weighted by Crippen LogP contribution is -2.50. The van der Waals surface area contributed by atoms with E-state index in [4.69, 9.17) is 22.1 Å². The summed E-state index contributed by atoms with van der Waals surface area (Å²) in [6, 6.07) is 5.12. The number of morpholine rings is 1. The molecule has 1 aromatic rings. The fraction of sp³-hybridized carbons (Fsp3) is 0.571. The van der Waals surface area contributed by atoms with E-state index in [1.165, 1.54) is 0 Å². The first kappa shape index (κ1) is 14.7. The third kappa shape index (κ3) is 3.08. The van der Waals surface area contributed by atoms with Gasteiger partial charge in [0.25, 0.3) is 0 Å². The maximum Gasteiger partial charge on any atom is 0.146 e. The van der Waals surface area contributed by atoms with Crippen molar-refractivity contribution in [1.82, 2.24) is 4.90 Å². The first-order chi connectivity index (χ1) is 9.04. The lowest BCUT2D eigenvalue weighted by molar-refractivity contribution is -0.0658. The van der Waals surface area contributed by atoms with Gasteiger partial charge < -0.3 is 10.5 Å². The number of rotatable bonds is 3. The first-order valence-electron chi connectivity index (χ1n) is 6.56. The molecule has 3 atom stereocenters. The van der Waals surface area contributed by atoms with Crippen molar-refractivity contribution in [2.45, 2.75) is 32.0 Å². The molecule has 1 aliphatic rings. The van der Waals surface area contributed by atoms with E-state index in [9.17, 15) is 4.39 Å². The second kappa shape index (κ2) is 6.18. The average Bonchev–Trinajstić information content (AvgIpc) is 2.39. The summed E-state index contributed by atoms with van der Waals surface area (Å²) in [4.78, 5) is 2.20. The van der Waals surface area contributed by atoms with Gasteiger partial charge in [0.2, 0.25) is 0 Å². The van der Waals surface area contributed by atoms with Crippen LogP contribution in [0.3, 0.4) is 0 Å². The Bertz CT molecular complexity index is 443. The van der Waals surface area contributed by atoms with Crippen molar-refractivity contribution >= 4 is 11.6 Å². The lowest BCUT2D eigenvalue weighted by atomic mass is 10.0.